The second-order valence-electron chi connectivity index (χ2n) is 7.52. The average Bonchev–Trinajstić information content (AvgIpc) is 2.65. The van der Waals surface area contributed by atoms with E-state index < -0.39 is 17.7 Å². The first-order chi connectivity index (χ1) is 12.8. The van der Waals surface area contributed by atoms with Gasteiger partial charge in [0.25, 0.3) is 0 Å². The van der Waals surface area contributed by atoms with Gasteiger partial charge in [0.1, 0.15) is 5.60 Å². The number of rotatable bonds is 2. The lowest BCUT2D eigenvalue weighted by Crippen LogP contribution is -2.41. The fourth-order valence-electron chi connectivity index (χ4n) is 3.11. The van der Waals surface area contributed by atoms with Crippen molar-refractivity contribution in [1.29, 1.82) is 0 Å². The number of carbonyl (C=O) groups is 2. The van der Waals surface area contributed by atoms with Gasteiger partial charge in [-0.3, -0.25) is 4.98 Å². The van der Waals surface area contributed by atoms with E-state index in [0.29, 0.717) is 18.5 Å². The molecule has 0 radical (unpaired) electrons. The number of pyridine rings is 1. The van der Waals surface area contributed by atoms with Gasteiger partial charge in [-0.2, -0.15) is 0 Å². The van der Waals surface area contributed by atoms with Crippen molar-refractivity contribution in [3.05, 3.63) is 47.7 Å². The van der Waals surface area contributed by atoms with Crippen LogP contribution in [0.5, 0.6) is 0 Å². The number of methoxy groups -OCH3 is 1. The lowest BCUT2D eigenvalue weighted by atomic mass is 9.93. The molecule has 3 rings (SSSR count). The molecule has 1 aliphatic rings. The highest BCUT2D eigenvalue weighted by atomic mass is 16.6. The van der Waals surface area contributed by atoms with Crippen LogP contribution in [0.3, 0.4) is 0 Å². The monoisotopic (exact) mass is 368 g/mol. The summed E-state index contributed by atoms with van der Waals surface area (Å²) < 4.78 is 10.4. The van der Waals surface area contributed by atoms with E-state index in [1.54, 1.807) is 6.20 Å². The third kappa shape index (κ3) is 4.27. The van der Waals surface area contributed by atoms with Crippen molar-refractivity contribution in [1.82, 2.24) is 9.88 Å². The molecule has 0 bridgehead atoms. The highest BCUT2D eigenvalue weighted by molar-refractivity contribution is 6.00. The van der Waals surface area contributed by atoms with Crippen molar-refractivity contribution >= 4 is 28.5 Å². The standard InChI is InChI=1S/C21H24N2O4/c1-21(2,3)27-20(25)23-10-9-16(17(13-23)19(24)26-4)15-11-14-7-5-6-8-18(14)22-12-15/h5-8,11-12H,9-10,13H2,1-4H3. The SMILES string of the molecule is COC(=O)C1=C(c2cnc3ccccc3c2)CCN(C(=O)OC(C)(C)C)C1. The first kappa shape index (κ1) is 18.9. The summed E-state index contributed by atoms with van der Waals surface area (Å²) in [6, 6.07) is 9.84. The van der Waals surface area contributed by atoms with Crippen molar-refractivity contribution in [3.8, 4) is 0 Å². The van der Waals surface area contributed by atoms with Gasteiger partial charge in [-0.15, -0.1) is 0 Å². The molecule has 6 nitrogen and oxygen atoms in total. The van der Waals surface area contributed by atoms with E-state index in [0.717, 1.165) is 22.0 Å². The Labute approximate surface area is 158 Å². The van der Waals surface area contributed by atoms with E-state index in [9.17, 15) is 9.59 Å². The van der Waals surface area contributed by atoms with Crippen LogP contribution in [0.2, 0.25) is 0 Å². The molecule has 0 atom stereocenters. The van der Waals surface area contributed by atoms with Crippen molar-refractivity contribution in [2.24, 2.45) is 0 Å². The van der Waals surface area contributed by atoms with Crippen LogP contribution >= 0.6 is 0 Å². The normalized spacial score (nSPS) is 15.0. The van der Waals surface area contributed by atoms with Crippen LogP contribution in [0.1, 0.15) is 32.8 Å². The maximum absolute atomic E-state index is 12.4. The van der Waals surface area contributed by atoms with Crippen LogP contribution in [0, 0.1) is 0 Å². The summed E-state index contributed by atoms with van der Waals surface area (Å²) in [5.74, 6) is -0.439. The molecule has 0 unspecified atom stereocenters. The van der Waals surface area contributed by atoms with Gasteiger partial charge >= 0.3 is 12.1 Å². The predicted octanol–water partition coefficient (Wildman–Crippen LogP) is 3.80. The van der Waals surface area contributed by atoms with Crippen LogP contribution in [0.25, 0.3) is 16.5 Å². The zero-order chi connectivity index (χ0) is 19.6. The fourth-order valence-corrected chi connectivity index (χ4v) is 3.11. The molecule has 27 heavy (non-hydrogen) atoms. The largest absolute Gasteiger partial charge is 0.466 e. The summed E-state index contributed by atoms with van der Waals surface area (Å²) in [5, 5.41) is 1.00. The van der Waals surface area contributed by atoms with Gasteiger partial charge in [-0.1, -0.05) is 18.2 Å². The number of hydrogen-bond acceptors (Lipinski definition) is 5. The smallest absolute Gasteiger partial charge is 0.410 e. The van der Waals surface area contributed by atoms with Gasteiger partial charge in [0.15, 0.2) is 0 Å². The van der Waals surface area contributed by atoms with E-state index in [2.05, 4.69) is 4.98 Å². The molecule has 1 aromatic heterocycles. The molecule has 0 aliphatic carbocycles. The number of benzene rings is 1. The number of fused-ring (bicyclic) bond motifs is 1. The molecule has 142 valence electrons. The van der Waals surface area contributed by atoms with Crippen LogP contribution in [-0.4, -0.2) is 47.7 Å². The number of hydrogen-bond donors (Lipinski definition) is 0. The highest BCUT2D eigenvalue weighted by Crippen LogP contribution is 2.30. The van der Waals surface area contributed by atoms with Crippen molar-refractivity contribution in [3.63, 3.8) is 0 Å². The van der Waals surface area contributed by atoms with Gasteiger partial charge in [0, 0.05) is 18.1 Å². The van der Waals surface area contributed by atoms with E-state index in [1.807, 2.05) is 51.1 Å². The Morgan fingerprint density at radius 1 is 1.19 bits per heavy atom. The number of nitrogens with zero attached hydrogens (tertiary/aromatic N) is 2. The molecular formula is C21H24N2O4. The Morgan fingerprint density at radius 3 is 2.63 bits per heavy atom. The van der Waals surface area contributed by atoms with E-state index in [1.165, 1.54) is 12.0 Å². The topological polar surface area (TPSA) is 68.7 Å². The highest BCUT2D eigenvalue weighted by Gasteiger charge is 2.30. The van der Waals surface area contributed by atoms with Gasteiger partial charge in [0.2, 0.25) is 0 Å². The molecule has 0 N–H and O–H groups in total. The lowest BCUT2D eigenvalue weighted by molar-refractivity contribution is -0.136. The molecule has 2 aromatic rings. The van der Waals surface area contributed by atoms with Crippen LogP contribution in [0.4, 0.5) is 4.79 Å². The quantitative estimate of drug-likeness (QED) is 0.754. The third-order valence-electron chi connectivity index (χ3n) is 4.37. The second-order valence-corrected chi connectivity index (χ2v) is 7.52. The summed E-state index contributed by atoms with van der Waals surface area (Å²) in [5.41, 5.74) is 2.51. The number of carbonyl (C=O) groups excluding carboxylic acids is 2. The van der Waals surface area contributed by atoms with E-state index in [4.69, 9.17) is 9.47 Å². The van der Waals surface area contributed by atoms with Crippen LogP contribution in [0.15, 0.2) is 42.1 Å². The number of para-hydroxylation sites is 1. The zero-order valence-corrected chi connectivity index (χ0v) is 16.1. The van der Waals surface area contributed by atoms with Crippen molar-refractivity contribution < 1.29 is 19.1 Å². The third-order valence-corrected chi connectivity index (χ3v) is 4.37. The molecule has 0 fully saturated rings. The molecular weight excluding hydrogens is 344 g/mol. The minimum atomic E-state index is -0.589. The Balaban J connectivity index is 1.95. The second kappa shape index (κ2) is 7.39. The lowest BCUT2D eigenvalue weighted by Gasteiger charge is -2.32. The van der Waals surface area contributed by atoms with Crippen molar-refractivity contribution in [2.75, 3.05) is 20.2 Å². The Kier molecular flexibility index (Phi) is 5.17. The predicted molar refractivity (Wildman–Crippen MR) is 103 cm³/mol. The fraction of sp³-hybridized carbons (Fsp3) is 0.381. The molecule has 6 heteroatoms. The van der Waals surface area contributed by atoms with Gasteiger partial charge in [-0.05, 0) is 50.5 Å². The average molecular weight is 368 g/mol. The number of esters is 1. The minimum Gasteiger partial charge on any atom is -0.466 e. The Morgan fingerprint density at radius 2 is 1.93 bits per heavy atom. The summed E-state index contributed by atoms with van der Waals surface area (Å²) in [4.78, 5) is 30.8. The molecule has 1 amide bonds. The summed E-state index contributed by atoms with van der Waals surface area (Å²) >= 11 is 0. The first-order valence-electron chi connectivity index (χ1n) is 8.92. The zero-order valence-electron chi connectivity index (χ0n) is 16.1. The van der Waals surface area contributed by atoms with Gasteiger partial charge < -0.3 is 14.4 Å². The molecule has 1 aliphatic heterocycles. The maximum Gasteiger partial charge on any atom is 0.410 e. The molecule has 0 saturated heterocycles. The Bertz CT molecular complexity index is 912. The summed E-state index contributed by atoms with van der Waals surface area (Å²) in [6.07, 6.45) is 1.87. The number of aromatic nitrogens is 1. The van der Waals surface area contributed by atoms with E-state index >= 15 is 0 Å². The summed E-state index contributed by atoms with van der Waals surface area (Å²) in [6.45, 7) is 6.08. The number of ether oxygens (including phenoxy) is 2. The maximum atomic E-state index is 12.4. The van der Waals surface area contributed by atoms with E-state index in [-0.39, 0.29) is 6.54 Å². The van der Waals surface area contributed by atoms with Crippen molar-refractivity contribution in [2.45, 2.75) is 32.8 Å². The number of amides is 1. The molecule has 1 aromatic carbocycles. The summed E-state index contributed by atoms with van der Waals surface area (Å²) in [7, 11) is 1.35. The van der Waals surface area contributed by atoms with Crippen LogP contribution < -0.4 is 0 Å². The molecule has 0 spiro atoms. The first-order valence-corrected chi connectivity index (χ1v) is 8.92. The molecule has 2 heterocycles. The Hall–Kier alpha value is -2.89. The van der Waals surface area contributed by atoms with Crippen LogP contribution in [-0.2, 0) is 14.3 Å². The minimum absolute atomic E-state index is 0.156. The molecule has 0 saturated carbocycles. The van der Waals surface area contributed by atoms with Gasteiger partial charge in [-0.25, -0.2) is 9.59 Å². The van der Waals surface area contributed by atoms with Gasteiger partial charge in [0.05, 0.1) is 24.7 Å².